The van der Waals surface area contributed by atoms with Crippen molar-refractivity contribution in [1.82, 2.24) is 42.1 Å². The summed E-state index contributed by atoms with van der Waals surface area (Å²) in [4.78, 5) is 132. The number of phenols is 1. The maximum Gasteiger partial charge on any atom is 0.303 e. The lowest BCUT2D eigenvalue weighted by molar-refractivity contribution is -0.203. The van der Waals surface area contributed by atoms with Crippen LogP contribution in [0.2, 0.25) is 0 Å². The van der Waals surface area contributed by atoms with E-state index in [-0.39, 0.29) is 24.3 Å². The fraction of sp³-hybridized carbons (Fsp3) is 0.619. The zero-order valence-corrected chi connectivity index (χ0v) is 39.3. The number of aliphatic hydroxyl groups is 4. The van der Waals surface area contributed by atoms with Crippen LogP contribution in [0.4, 0.5) is 0 Å². The maximum atomic E-state index is 14.9. The summed E-state index contributed by atoms with van der Waals surface area (Å²) >= 11 is 0. The van der Waals surface area contributed by atoms with Crippen molar-refractivity contribution in [3.8, 4) is 11.5 Å². The number of rotatable bonds is 28. The molecule has 392 valence electrons. The standard InChI is InChI=1S/C42H66N10O18/c1-19(36(44)63)45-38(65)25(8-6-7-13-43)48-40(67)28(17-53)50-37(64)20(2)52(16-23-9-10-24(69-5)14-29(23)57)42(68)27(49-39(66)26(46-21(3)55)11-12-32(59)60)15-31(58)51-41-33(47-22(4)56)35(62)34(61)30(18-54)70-41/h9-10,14,19-20,25-28,30,33-35,41,53-54,57,61-62H,6-8,11-13,15-18,43H2,1-5H3,(H2,44,63)(H,45,65)(H,46,55)(H,47,56)(H,48,67)(H,49,66)(H,50,64)(H,51,58)(H,59,60)/t19-,20-,25-,26-,27-,28-,30+,33+,34+,35+,41+/m0/s1. The van der Waals surface area contributed by atoms with Crippen LogP contribution in [0.3, 0.4) is 0 Å². The van der Waals surface area contributed by atoms with Crippen molar-refractivity contribution in [3.63, 3.8) is 0 Å². The van der Waals surface area contributed by atoms with Gasteiger partial charge in [0.15, 0.2) is 6.23 Å². The number of unbranched alkanes of at least 4 members (excludes halogenated alkanes) is 1. The lowest BCUT2D eigenvalue weighted by Gasteiger charge is -2.42. The van der Waals surface area contributed by atoms with E-state index in [4.69, 9.17) is 20.9 Å². The number of carboxylic acid groups (broad SMARTS) is 1. The summed E-state index contributed by atoms with van der Waals surface area (Å²) in [5.41, 5.74) is 10.8. The number of ether oxygens (including phenoxy) is 2. The van der Waals surface area contributed by atoms with Crippen LogP contribution in [0.5, 0.6) is 11.5 Å². The van der Waals surface area contributed by atoms with Crippen molar-refractivity contribution in [2.45, 2.75) is 140 Å². The molecule has 1 fully saturated rings. The molecule has 2 rings (SSSR count). The number of benzene rings is 1. The molecule has 11 atom stereocenters. The molecule has 0 radical (unpaired) electrons. The largest absolute Gasteiger partial charge is 0.507 e. The van der Waals surface area contributed by atoms with Gasteiger partial charge in [-0.25, -0.2) is 0 Å². The van der Waals surface area contributed by atoms with E-state index in [1.54, 1.807) is 0 Å². The number of aliphatic carboxylic acids is 1. The number of amides is 9. The third kappa shape index (κ3) is 18.3. The summed E-state index contributed by atoms with van der Waals surface area (Å²) in [7, 11) is 1.30. The van der Waals surface area contributed by atoms with E-state index >= 15 is 0 Å². The zero-order valence-electron chi connectivity index (χ0n) is 39.3. The number of carboxylic acids is 1. The normalized spacial score (nSPS) is 20.1. The highest BCUT2D eigenvalue weighted by atomic mass is 16.5. The molecule has 1 heterocycles. The molecule has 1 aromatic carbocycles. The molecule has 17 N–H and O–H groups in total. The molecule has 70 heavy (non-hydrogen) atoms. The number of nitrogens with zero attached hydrogens (tertiary/aromatic N) is 1. The lowest BCUT2D eigenvalue weighted by atomic mass is 9.95. The first-order valence-electron chi connectivity index (χ1n) is 22.0. The van der Waals surface area contributed by atoms with Crippen LogP contribution in [-0.4, -0.2) is 188 Å². The van der Waals surface area contributed by atoms with Crippen LogP contribution < -0.4 is 53.4 Å². The summed E-state index contributed by atoms with van der Waals surface area (Å²) in [6, 6.07) is -7.41. The number of phenolic OH excluding ortho intramolecular Hbond substituents is 1. The number of carbonyl (C=O) groups excluding carboxylic acids is 9. The third-order valence-corrected chi connectivity index (χ3v) is 10.9. The number of hydrogen-bond acceptors (Lipinski definition) is 18. The van der Waals surface area contributed by atoms with Gasteiger partial charge in [-0.3, -0.25) is 47.9 Å². The number of nitrogens with two attached hydrogens (primary N) is 2. The van der Waals surface area contributed by atoms with Crippen molar-refractivity contribution in [3.05, 3.63) is 23.8 Å². The molecule has 1 saturated heterocycles. The van der Waals surface area contributed by atoms with Crippen LogP contribution in [-0.2, 0) is 59.2 Å². The molecule has 0 aliphatic carbocycles. The predicted octanol–water partition coefficient (Wildman–Crippen LogP) is -6.50. The van der Waals surface area contributed by atoms with Crippen LogP contribution in [0.1, 0.15) is 71.8 Å². The van der Waals surface area contributed by atoms with Gasteiger partial charge in [0.2, 0.25) is 53.2 Å². The van der Waals surface area contributed by atoms with E-state index in [1.165, 1.54) is 26.2 Å². The maximum absolute atomic E-state index is 14.9. The molecule has 1 aliphatic heterocycles. The highest BCUT2D eigenvalue weighted by Gasteiger charge is 2.46. The zero-order chi connectivity index (χ0) is 53.0. The minimum atomic E-state index is -2.07. The Balaban J connectivity index is 2.68. The Morgan fingerprint density at radius 1 is 0.786 bits per heavy atom. The Kier molecular flexibility index (Phi) is 24.4. The second-order valence-electron chi connectivity index (χ2n) is 16.4. The van der Waals surface area contributed by atoms with Crippen LogP contribution in [0.15, 0.2) is 18.2 Å². The van der Waals surface area contributed by atoms with Crippen molar-refractivity contribution in [1.29, 1.82) is 0 Å². The second kappa shape index (κ2) is 28.7. The smallest absolute Gasteiger partial charge is 0.303 e. The van der Waals surface area contributed by atoms with Gasteiger partial charge >= 0.3 is 5.97 Å². The summed E-state index contributed by atoms with van der Waals surface area (Å²) in [5.74, 6) is -10.8. The number of primary amides is 1. The number of aromatic hydroxyl groups is 1. The van der Waals surface area contributed by atoms with E-state index in [1.807, 2.05) is 0 Å². The number of carbonyl (C=O) groups is 10. The molecular formula is C42H66N10O18. The van der Waals surface area contributed by atoms with Gasteiger partial charge in [0.05, 0.1) is 33.3 Å². The molecule has 0 spiro atoms. The fourth-order valence-electron chi connectivity index (χ4n) is 6.93. The Morgan fingerprint density at radius 2 is 1.39 bits per heavy atom. The number of nitrogens with one attached hydrogen (secondary N) is 7. The molecule has 0 aromatic heterocycles. The van der Waals surface area contributed by atoms with Crippen LogP contribution in [0, 0.1) is 0 Å². The first-order valence-corrected chi connectivity index (χ1v) is 22.0. The molecule has 0 saturated carbocycles. The van der Waals surface area contributed by atoms with Gasteiger partial charge in [-0.1, -0.05) is 0 Å². The number of methoxy groups -OCH3 is 1. The minimum Gasteiger partial charge on any atom is -0.507 e. The SMILES string of the molecule is COc1ccc(CN(C(=O)[C@H](CC(=O)N[C@@H]2O[C@H](CO)[C@@H](O)[C@H](O)[C@H]2NC(C)=O)NC(=O)[C@H](CCC(=O)O)NC(C)=O)[C@@H](C)C(=O)N[C@@H](CO)C(=O)N[C@@H](CCCCN)C(=O)N[C@@H](C)C(N)=O)c(O)c1. The van der Waals surface area contributed by atoms with Gasteiger partial charge in [0.1, 0.15) is 72.1 Å². The molecule has 0 bridgehead atoms. The topological polar surface area (TPSA) is 450 Å². The van der Waals surface area contributed by atoms with Gasteiger partial charge in [-0.15, -0.1) is 0 Å². The van der Waals surface area contributed by atoms with Gasteiger partial charge in [0, 0.05) is 31.9 Å². The lowest BCUT2D eigenvalue weighted by Crippen LogP contribution is -2.68. The summed E-state index contributed by atoms with van der Waals surface area (Å²) in [6.07, 6.45) is -8.28. The van der Waals surface area contributed by atoms with Gasteiger partial charge < -0.3 is 93.7 Å². The van der Waals surface area contributed by atoms with Gasteiger partial charge in [0.25, 0.3) is 0 Å². The van der Waals surface area contributed by atoms with E-state index in [0.717, 1.165) is 31.7 Å². The molecule has 1 aromatic rings. The molecule has 28 nitrogen and oxygen atoms in total. The second-order valence-corrected chi connectivity index (χ2v) is 16.4. The highest BCUT2D eigenvalue weighted by Crippen LogP contribution is 2.26. The first-order chi connectivity index (χ1) is 32.9. The quantitative estimate of drug-likeness (QED) is 0.0347. The van der Waals surface area contributed by atoms with E-state index in [0.29, 0.717) is 12.8 Å². The van der Waals surface area contributed by atoms with Crippen molar-refractivity contribution in [2.75, 3.05) is 26.9 Å². The average Bonchev–Trinajstić information content (AvgIpc) is 3.29. The summed E-state index contributed by atoms with van der Waals surface area (Å²) < 4.78 is 10.7. The van der Waals surface area contributed by atoms with Crippen LogP contribution >= 0.6 is 0 Å². The Bertz CT molecular complexity index is 2030. The van der Waals surface area contributed by atoms with Gasteiger partial charge in [-0.05, 0) is 58.2 Å². The molecule has 9 amide bonds. The molecule has 0 unspecified atom stereocenters. The number of aliphatic hydroxyl groups excluding tert-OH is 4. The highest BCUT2D eigenvalue weighted by molar-refractivity contribution is 5.98. The molecular weight excluding hydrogens is 933 g/mol. The summed E-state index contributed by atoms with van der Waals surface area (Å²) in [5, 5.41) is 77.9. The Hall–Kier alpha value is -6.72. The number of hydrogen-bond donors (Lipinski definition) is 15. The van der Waals surface area contributed by atoms with Crippen molar-refractivity contribution >= 4 is 59.1 Å². The third-order valence-electron chi connectivity index (χ3n) is 10.9. The van der Waals surface area contributed by atoms with Crippen molar-refractivity contribution in [2.24, 2.45) is 11.5 Å². The van der Waals surface area contributed by atoms with E-state index < -0.39 is 171 Å². The molecule has 1 aliphatic rings. The van der Waals surface area contributed by atoms with E-state index in [2.05, 4.69) is 37.2 Å². The fourth-order valence-corrected chi connectivity index (χ4v) is 6.93. The predicted molar refractivity (Wildman–Crippen MR) is 240 cm³/mol. The Morgan fingerprint density at radius 3 is 1.93 bits per heavy atom. The minimum absolute atomic E-state index is 0.00148. The molecule has 28 heteroatoms. The summed E-state index contributed by atoms with van der Waals surface area (Å²) in [6.45, 7) is 2.10. The van der Waals surface area contributed by atoms with Crippen molar-refractivity contribution < 1.29 is 88.1 Å². The Labute approximate surface area is 401 Å². The van der Waals surface area contributed by atoms with Gasteiger partial charge in [-0.2, -0.15) is 0 Å². The van der Waals surface area contributed by atoms with Crippen LogP contribution in [0.25, 0.3) is 0 Å². The monoisotopic (exact) mass is 998 g/mol. The first kappa shape index (κ1) is 59.4. The average molecular weight is 999 g/mol. The van der Waals surface area contributed by atoms with E-state index in [9.17, 15) is 78.6 Å².